The highest BCUT2D eigenvalue weighted by molar-refractivity contribution is 6.74. The Bertz CT molecular complexity index is 1290. The molecule has 3 aromatic carbocycles. The molecule has 6 nitrogen and oxygen atoms in total. The lowest BCUT2D eigenvalue weighted by atomic mass is 9.77. The van der Waals surface area contributed by atoms with Gasteiger partial charge in [0.2, 0.25) is 6.41 Å². The van der Waals surface area contributed by atoms with Crippen molar-refractivity contribution in [2.24, 2.45) is 7.05 Å². The van der Waals surface area contributed by atoms with E-state index >= 15 is 0 Å². The molecule has 0 spiro atoms. The summed E-state index contributed by atoms with van der Waals surface area (Å²) in [7, 11) is 0.120. The molecule has 0 radical (unpaired) electrons. The zero-order chi connectivity index (χ0) is 29.5. The normalized spacial score (nSPS) is 12.2. The molecule has 4 rings (SSSR count). The van der Waals surface area contributed by atoms with Crippen molar-refractivity contribution in [1.82, 2.24) is 9.78 Å². The Balaban J connectivity index is 1.66. The van der Waals surface area contributed by atoms with E-state index in [2.05, 4.69) is 117 Å². The standard InChI is InChI=1S/C34H44N4O2Si/c1-33(2,3)41(5,6)40-25-17-16-24-38(27-39)31-26-35-37(4)32(31)36-34(28-18-10-7-11-19-28,29-20-12-8-13-21-29)30-22-14-9-15-23-30/h7-15,18-23,26-27,36H,16-17,24-25H2,1-6H3. The molecule has 1 heterocycles. The summed E-state index contributed by atoms with van der Waals surface area (Å²) in [5.74, 6) is 0.770. The van der Waals surface area contributed by atoms with Gasteiger partial charge in [-0.1, -0.05) is 112 Å². The van der Waals surface area contributed by atoms with Gasteiger partial charge in [0.05, 0.1) is 6.20 Å². The second-order valence-electron chi connectivity index (χ2n) is 12.1. The van der Waals surface area contributed by atoms with Crippen molar-refractivity contribution in [3.8, 4) is 0 Å². The lowest BCUT2D eigenvalue weighted by Crippen LogP contribution is -2.41. The highest BCUT2D eigenvalue weighted by Crippen LogP contribution is 2.42. The summed E-state index contributed by atoms with van der Waals surface area (Å²) < 4.78 is 8.17. The molecule has 0 bridgehead atoms. The monoisotopic (exact) mass is 568 g/mol. The Hall–Kier alpha value is -3.68. The Kier molecular flexibility index (Phi) is 9.51. The van der Waals surface area contributed by atoms with E-state index in [9.17, 15) is 4.79 Å². The molecule has 0 unspecified atom stereocenters. The van der Waals surface area contributed by atoms with Crippen molar-refractivity contribution in [3.63, 3.8) is 0 Å². The van der Waals surface area contributed by atoms with Crippen LogP contribution in [0.3, 0.4) is 0 Å². The topological polar surface area (TPSA) is 59.4 Å². The average Bonchev–Trinajstić information content (AvgIpc) is 3.33. The van der Waals surface area contributed by atoms with E-state index in [-0.39, 0.29) is 5.04 Å². The molecule has 41 heavy (non-hydrogen) atoms. The van der Waals surface area contributed by atoms with E-state index in [1.54, 1.807) is 11.1 Å². The summed E-state index contributed by atoms with van der Waals surface area (Å²) >= 11 is 0. The van der Waals surface area contributed by atoms with Crippen LogP contribution < -0.4 is 10.2 Å². The minimum Gasteiger partial charge on any atom is -0.417 e. The van der Waals surface area contributed by atoms with Crippen molar-refractivity contribution in [1.29, 1.82) is 0 Å². The van der Waals surface area contributed by atoms with Gasteiger partial charge in [-0.05, 0) is 47.7 Å². The number of carbonyl (C=O) groups is 1. The Morgan fingerprint density at radius 2 is 1.34 bits per heavy atom. The molecule has 0 saturated carbocycles. The van der Waals surface area contributed by atoms with Crippen molar-refractivity contribution in [3.05, 3.63) is 114 Å². The Morgan fingerprint density at radius 3 is 1.78 bits per heavy atom. The maximum atomic E-state index is 12.4. The molecule has 0 atom stereocenters. The van der Waals surface area contributed by atoms with Crippen LogP contribution in [0, 0.1) is 0 Å². The predicted molar refractivity (Wildman–Crippen MR) is 172 cm³/mol. The number of hydrogen-bond donors (Lipinski definition) is 1. The summed E-state index contributed by atoms with van der Waals surface area (Å²) in [6, 6.07) is 31.3. The largest absolute Gasteiger partial charge is 0.417 e. The first-order valence-electron chi connectivity index (χ1n) is 14.4. The van der Waals surface area contributed by atoms with Gasteiger partial charge in [-0.15, -0.1) is 0 Å². The second-order valence-corrected chi connectivity index (χ2v) is 16.9. The van der Waals surface area contributed by atoms with E-state index in [0.29, 0.717) is 13.2 Å². The van der Waals surface area contributed by atoms with Crippen LogP contribution in [0.15, 0.2) is 97.2 Å². The van der Waals surface area contributed by atoms with Crippen LogP contribution >= 0.6 is 0 Å². The van der Waals surface area contributed by atoms with Crippen LogP contribution in [0.1, 0.15) is 50.3 Å². The van der Waals surface area contributed by atoms with Crippen LogP contribution in [0.5, 0.6) is 0 Å². The average molecular weight is 569 g/mol. The summed E-state index contributed by atoms with van der Waals surface area (Å²) in [5, 5.41) is 8.66. The number of carbonyl (C=O) groups excluding carboxylic acids is 1. The molecular weight excluding hydrogens is 524 g/mol. The molecule has 216 valence electrons. The maximum absolute atomic E-state index is 12.4. The molecule has 0 fully saturated rings. The number of unbranched alkanes of at least 4 members (excludes halogenated alkanes) is 1. The Morgan fingerprint density at radius 1 is 0.854 bits per heavy atom. The van der Waals surface area contributed by atoms with Crippen LogP contribution in [0.4, 0.5) is 11.5 Å². The number of aromatic nitrogens is 2. The summed E-state index contributed by atoms with van der Waals surface area (Å²) in [5.41, 5.74) is 3.29. The van der Waals surface area contributed by atoms with Crippen molar-refractivity contribution >= 4 is 26.2 Å². The van der Waals surface area contributed by atoms with Gasteiger partial charge < -0.3 is 14.6 Å². The molecule has 7 heteroatoms. The first-order valence-corrected chi connectivity index (χ1v) is 17.3. The van der Waals surface area contributed by atoms with Gasteiger partial charge in [-0.2, -0.15) is 5.10 Å². The third-order valence-corrected chi connectivity index (χ3v) is 12.9. The van der Waals surface area contributed by atoms with E-state index in [4.69, 9.17) is 4.43 Å². The summed E-state index contributed by atoms with van der Waals surface area (Å²) in [6.07, 6.45) is 4.41. The van der Waals surface area contributed by atoms with Crippen LogP contribution in [0.2, 0.25) is 18.1 Å². The molecular formula is C34H44N4O2Si. The third-order valence-electron chi connectivity index (χ3n) is 8.34. The van der Waals surface area contributed by atoms with Crippen molar-refractivity contribution in [2.45, 2.75) is 57.3 Å². The van der Waals surface area contributed by atoms with Crippen molar-refractivity contribution in [2.75, 3.05) is 23.4 Å². The fraction of sp³-hybridized carbons (Fsp3) is 0.353. The first-order chi connectivity index (χ1) is 19.6. The van der Waals surface area contributed by atoms with Crippen LogP contribution in [-0.4, -0.2) is 37.7 Å². The fourth-order valence-electron chi connectivity index (χ4n) is 4.90. The number of rotatable bonds is 13. The highest BCUT2D eigenvalue weighted by Gasteiger charge is 2.38. The van der Waals surface area contributed by atoms with Gasteiger partial charge in [0, 0.05) is 20.2 Å². The molecule has 0 aliphatic heterocycles. The zero-order valence-electron chi connectivity index (χ0n) is 25.3. The maximum Gasteiger partial charge on any atom is 0.214 e. The molecule has 4 aromatic rings. The predicted octanol–water partition coefficient (Wildman–Crippen LogP) is 7.59. The number of nitrogens with one attached hydrogen (secondary N) is 1. The van der Waals surface area contributed by atoms with Gasteiger partial charge in [0.15, 0.2) is 8.32 Å². The smallest absolute Gasteiger partial charge is 0.214 e. The van der Waals surface area contributed by atoms with Gasteiger partial charge in [-0.3, -0.25) is 9.48 Å². The van der Waals surface area contributed by atoms with Crippen LogP contribution in [0.25, 0.3) is 0 Å². The van der Waals surface area contributed by atoms with E-state index in [1.807, 2.05) is 29.9 Å². The zero-order valence-corrected chi connectivity index (χ0v) is 26.3. The number of amides is 1. The molecule has 0 saturated heterocycles. The number of nitrogens with zero attached hydrogens (tertiary/aromatic N) is 3. The molecule has 0 aliphatic carbocycles. The Labute approximate surface area is 246 Å². The molecule has 1 amide bonds. The van der Waals surface area contributed by atoms with E-state index in [0.717, 1.165) is 47.4 Å². The number of hydrogen-bond acceptors (Lipinski definition) is 4. The molecule has 0 aliphatic rings. The quantitative estimate of drug-likeness (QED) is 0.0781. The third kappa shape index (κ3) is 6.63. The van der Waals surface area contributed by atoms with Crippen LogP contribution in [-0.2, 0) is 21.8 Å². The van der Waals surface area contributed by atoms with Gasteiger partial charge in [-0.25, -0.2) is 0 Å². The lowest BCUT2D eigenvalue weighted by Gasteiger charge is -2.38. The van der Waals surface area contributed by atoms with Gasteiger partial charge >= 0.3 is 0 Å². The van der Waals surface area contributed by atoms with E-state index < -0.39 is 13.9 Å². The highest BCUT2D eigenvalue weighted by atomic mass is 28.4. The fourth-order valence-corrected chi connectivity index (χ4v) is 5.99. The number of aryl methyl sites for hydroxylation is 1. The minimum atomic E-state index is -1.79. The lowest BCUT2D eigenvalue weighted by molar-refractivity contribution is -0.107. The summed E-state index contributed by atoms with van der Waals surface area (Å²) in [4.78, 5) is 14.2. The summed E-state index contributed by atoms with van der Waals surface area (Å²) in [6.45, 7) is 12.6. The van der Waals surface area contributed by atoms with E-state index in [1.165, 1.54) is 0 Å². The number of anilines is 2. The van der Waals surface area contributed by atoms with Gasteiger partial charge in [0.1, 0.15) is 17.0 Å². The molecule has 1 N–H and O–H groups in total. The molecule has 1 aromatic heterocycles. The van der Waals surface area contributed by atoms with Gasteiger partial charge in [0.25, 0.3) is 0 Å². The van der Waals surface area contributed by atoms with Crippen molar-refractivity contribution < 1.29 is 9.22 Å². The SMILES string of the molecule is Cn1ncc(N(C=O)CCCCO[Si](C)(C)C(C)(C)C)c1NC(c1ccccc1)(c1ccccc1)c1ccccc1. The number of benzene rings is 3. The first kappa shape index (κ1) is 30.3. The minimum absolute atomic E-state index is 0.181. The second kappa shape index (κ2) is 12.9.